The molecule has 1 amide bonds. The first-order valence-electron chi connectivity index (χ1n) is 9.66. The van der Waals surface area contributed by atoms with Gasteiger partial charge in [0.2, 0.25) is 0 Å². The molecule has 0 aromatic heterocycles. The lowest BCUT2D eigenvalue weighted by molar-refractivity contribution is -0.121. The van der Waals surface area contributed by atoms with Gasteiger partial charge in [-0.1, -0.05) is 48.2 Å². The first kappa shape index (κ1) is 21.4. The second-order valence-corrected chi connectivity index (χ2v) is 8.51. The van der Waals surface area contributed by atoms with Gasteiger partial charge in [-0.25, -0.2) is 0 Å². The van der Waals surface area contributed by atoms with Crippen LogP contribution in [0.3, 0.4) is 0 Å². The van der Waals surface area contributed by atoms with E-state index in [9.17, 15) is 4.79 Å². The Bertz CT molecular complexity index is 919. The summed E-state index contributed by atoms with van der Waals surface area (Å²) in [5.41, 5.74) is 3.26. The second kappa shape index (κ2) is 9.94. The zero-order chi connectivity index (χ0) is 20.8. The van der Waals surface area contributed by atoms with Crippen molar-refractivity contribution in [1.29, 1.82) is 0 Å². The third-order valence-electron chi connectivity index (χ3n) is 4.41. The topological polar surface area (TPSA) is 38.8 Å². The maximum Gasteiger partial charge on any atom is 0.266 e. The van der Waals surface area contributed by atoms with Gasteiger partial charge in [0.15, 0.2) is 0 Å². The molecular weight excluding hydrogens is 402 g/mol. The highest BCUT2D eigenvalue weighted by atomic mass is 32.2. The van der Waals surface area contributed by atoms with E-state index < -0.39 is 0 Å². The zero-order valence-corrected chi connectivity index (χ0v) is 18.6. The van der Waals surface area contributed by atoms with Gasteiger partial charge in [-0.3, -0.25) is 9.69 Å². The summed E-state index contributed by atoms with van der Waals surface area (Å²) in [7, 11) is 0. The van der Waals surface area contributed by atoms with E-state index in [1.807, 2.05) is 49.4 Å². The fourth-order valence-corrected chi connectivity index (χ4v) is 4.47. The van der Waals surface area contributed by atoms with Crippen LogP contribution in [-0.2, 0) is 4.79 Å². The number of nitrogens with zero attached hydrogens (tertiary/aromatic N) is 1. The molecule has 2 aromatic rings. The molecular formula is C23H25NO3S2. The van der Waals surface area contributed by atoms with E-state index in [4.69, 9.17) is 21.7 Å². The number of carbonyl (C=O) groups excluding carboxylic acids is 1. The number of amides is 1. The van der Waals surface area contributed by atoms with Crippen LogP contribution >= 0.6 is 24.0 Å². The molecule has 0 atom stereocenters. The molecule has 1 saturated heterocycles. The lowest BCUT2D eigenvalue weighted by atomic mass is 10.1. The number of ether oxygens (including phenoxy) is 2. The maximum absolute atomic E-state index is 12.4. The van der Waals surface area contributed by atoms with Crippen molar-refractivity contribution in [3.05, 3.63) is 64.1 Å². The number of hydrogen-bond acceptors (Lipinski definition) is 5. The first-order valence-corrected chi connectivity index (χ1v) is 10.9. The highest BCUT2D eigenvalue weighted by Gasteiger charge is 2.30. The zero-order valence-electron chi connectivity index (χ0n) is 16.9. The summed E-state index contributed by atoms with van der Waals surface area (Å²) in [6.07, 6.45) is 2.62. The van der Waals surface area contributed by atoms with Crippen molar-refractivity contribution >= 4 is 40.3 Å². The van der Waals surface area contributed by atoms with Gasteiger partial charge in [0.25, 0.3) is 5.91 Å². The third-order valence-corrected chi connectivity index (χ3v) is 5.78. The normalized spacial score (nSPS) is 15.3. The number of carbonyl (C=O) groups is 1. The van der Waals surface area contributed by atoms with Crippen LogP contribution in [0, 0.1) is 13.8 Å². The van der Waals surface area contributed by atoms with Crippen molar-refractivity contribution in [3.8, 4) is 11.5 Å². The van der Waals surface area contributed by atoms with Crippen LogP contribution < -0.4 is 9.47 Å². The van der Waals surface area contributed by atoms with Crippen LogP contribution in [0.1, 0.15) is 30.0 Å². The molecule has 1 heterocycles. The minimum absolute atomic E-state index is 0.0425. The van der Waals surface area contributed by atoms with E-state index in [2.05, 4.69) is 19.9 Å². The Morgan fingerprint density at radius 1 is 1.07 bits per heavy atom. The minimum atomic E-state index is -0.0425. The number of likely N-dealkylation sites (N-methyl/N-ethyl adjacent to an activating group) is 1. The van der Waals surface area contributed by atoms with E-state index in [-0.39, 0.29) is 5.91 Å². The van der Waals surface area contributed by atoms with Crippen molar-refractivity contribution in [3.63, 3.8) is 0 Å². The molecule has 0 aliphatic carbocycles. The Labute approximate surface area is 181 Å². The van der Waals surface area contributed by atoms with Gasteiger partial charge in [-0.2, -0.15) is 0 Å². The lowest BCUT2D eigenvalue weighted by Crippen LogP contribution is -2.27. The predicted octanol–water partition coefficient (Wildman–Crippen LogP) is 5.37. The fraction of sp³-hybridized carbons (Fsp3) is 0.304. The summed E-state index contributed by atoms with van der Waals surface area (Å²) in [6.45, 7) is 7.75. The Balaban J connectivity index is 1.56. The molecule has 3 rings (SSSR count). The van der Waals surface area contributed by atoms with Crippen LogP contribution in [0.2, 0.25) is 0 Å². The summed E-state index contributed by atoms with van der Waals surface area (Å²) in [4.78, 5) is 14.7. The van der Waals surface area contributed by atoms with Crippen molar-refractivity contribution in [2.75, 3.05) is 19.8 Å². The summed E-state index contributed by atoms with van der Waals surface area (Å²) in [5.74, 6) is 1.60. The molecule has 2 aromatic carbocycles. The van der Waals surface area contributed by atoms with Gasteiger partial charge in [0.05, 0.1) is 18.1 Å². The van der Waals surface area contributed by atoms with Crippen LogP contribution in [0.5, 0.6) is 11.5 Å². The molecule has 4 nitrogen and oxygen atoms in total. The Hall–Kier alpha value is -2.31. The summed E-state index contributed by atoms with van der Waals surface area (Å²) >= 11 is 6.62. The summed E-state index contributed by atoms with van der Waals surface area (Å²) < 4.78 is 12.4. The smallest absolute Gasteiger partial charge is 0.266 e. The van der Waals surface area contributed by atoms with Crippen molar-refractivity contribution in [2.45, 2.75) is 27.2 Å². The SMILES string of the molecule is CCN1C(=O)/C(=C/c2ccccc2OCCCOc2cc(C)cc(C)c2)SC1=S. The van der Waals surface area contributed by atoms with E-state index in [1.165, 1.54) is 22.9 Å². The standard InChI is InChI=1S/C23H25NO3S2/c1-4-24-22(25)21(29-23(24)28)15-18-8-5-6-9-20(18)27-11-7-10-26-19-13-16(2)12-17(3)14-19/h5-6,8-9,12-15H,4,7,10-11H2,1-3H3/b21-15-. The molecule has 0 radical (unpaired) electrons. The van der Waals surface area contributed by atoms with E-state index in [1.54, 1.807) is 4.90 Å². The highest BCUT2D eigenvalue weighted by molar-refractivity contribution is 8.26. The summed E-state index contributed by atoms with van der Waals surface area (Å²) in [6, 6.07) is 13.9. The molecule has 6 heteroatoms. The fourth-order valence-electron chi connectivity index (χ4n) is 3.09. The molecule has 29 heavy (non-hydrogen) atoms. The third kappa shape index (κ3) is 5.61. The van der Waals surface area contributed by atoms with E-state index in [0.717, 1.165) is 23.5 Å². The number of aryl methyl sites for hydroxylation is 2. The van der Waals surface area contributed by atoms with Gasteiger partial charge in [0, 0.05) is 18.5 Å². The first-order chi connectivity index (χ1) is 14.0. The van der Waals surface area contributed by atoms with Crippen LogP contribution in [0.25, 0.3) is 6.08 Å². The molecule has 0 unspecified atom stereocenters. The highest BCUT2D eigenvalue weighted by Crippen LogP contribution is 2.34. The Morgan fingerprint density at radius 3 is 2.45 bits per heavy atom. The van der Waals surface area contributed by atoms with Crippen molar-refractivity contribution in [1.82, 2.24) is 4.90 Å². The largest absolute Gasteiger partial charge is 0.493 e. The van der Waals surface area contributed by atoms with Crippen molar-refractivity contribution in [2.24, 2.45) is 0 Å². The minimum Gasteiger partial charge on any atom is -0.493 e. The number of benzene rings is 2. The van der Waals surface area contributed by atoms with Gasteiger partial charge in [0.1, 0.15) is 15.8 Å². The van der Waals surface area contributed by atoms with Gasteiger partial charge < -0.3 is 9.47 Å². The van der Waals surface area contributed by atoms with Crippen molar-refractivity contribution < 1.29 is 14.3 Å². The number of para-hydroxylation sites is 1. The quantitative estimate of drug-likeness (QED) is 0.322. The average Bonchev–Trinajstić information content (AvgIpc) is 2.94. The number of rotatable bonds is 8. The van der Waals surface area contributed by atoms with E-state index in [0.29, 0.717) is 29.0 Å². The van der Waals surface area contributed by atoms with Crippen LogP contribution in [-0.4, -0.2) is 34.9 Å². The number of thioether (sulfide) groups is 1. The molecule has 0 saturated carbocycles. The van der Waals surface area contributed by atoms with Crippen LogP contribution in [0.15, 0.2) is 47.4 Å². The average molecular weight is 428 g/mol. The van der Waals surface area contributed by atoms with Gasteiger partial charge in [-0.15, -0.1) is 0 Å². The monoisotopic (exact) mass is 427 g/mol. The maximum atomic E-state index is 12.4. The van der Waals surface area contributed by atoms with Gasteiger partial charge >= 0.3 is 0 Å². The lowest BCUT2D eigenvalue weighted by Gasteiger charge is -2.11. The van der Waals surface area contributed by atoms with Gasteiger partial charge in [-0.05, 0) is 56.2 Å². The molecule has 1 aliphatic rings. The van der Waals surface area contributed by atoms with Crippen LogP contribution in [0.4, 0.5) is 0 Å². The Kier molecular flexibility index (Phi) is 7.34. The second-order valence-electron chi connectivity index (χ2n) is 6.84. The summed E-state index contributed by atoms with van der Waals surface area (Å²) in [5, 5.41) is 0. The molecule has 0 N–H and O–H groups in total. The Morgan fingerprint density at radius 2 is 1.76 bits per heavy atom. The number of hydrogen-bond donors (Lipinski definition) is 0. The molecule has 1 fully saturated rings. The predicted molar refractivity (Wildman–Crippen MR) is 124 cm³/mol. The van der Waals surface area contributed by atoms with E-state index >= 15 is 0 Å². The molecule has 0 spiro atoms. The molecule has 152 valence electrons. The molecule has 1 aliphatic heterocycles. The number of thiocarbonyl (C=S) groups is 1. The molecule has 0 bridgehead atoms.